The number of nitrogens with one attached hydrogen (secondary N) is 1. The smallest absolute Gasteiger partial charge is 0.263 e. The number of benzene rings is 1. The van der Waals surface area contributed by atoms with Crippen molar-refractivity contribution in [2.24, 2.45) is 0 Å². The van der Waals surface area contributed by atoms with Gasteiger partial charge in [-0.05, 0) is 51.9 Å². The molecule has 0 spiro atoms. The Bertz CT molecular complexity index is 1140. The molecule has 0 saturated carbocycles. The Balaban J connectivity index is 1.66. The molecule has 0 atom stereocenters. The Morgan fingerprint density at radius 2 is 1.94 bits per heavy atom. The molecule has 7 heteroatoms. The molecular formula is C24H25N3O3S. The highest BCUT2D eigenvalue weighted by atomic mass is 32.1. The first-order chi connectivity index (χ1) is 15.0. The summed E-state index contributed by atoms with van der Waals surface area (Å²) in [6, 6.07) is 11.9. The molecule has 2 amide bonds. The van der Waals surface area contributed by atoms with Gasteiger partial charge in [0.05, 0.1) is 0 Å². The van der Waals surface area contributed by atoms with Crippen molar-refractivity contribution in [1.29, 1.82) is 0 Å². The van der Waals surface area contributed by atoms with Crippen LogP contribution in [0.1, 0.15) is 39.5 Å². The number of pyridine rings is 1. The molecule has 3 heterocycles. The predicted molar refractivity (Wildman–Crippen MR) is 121 cm³/mol. The first kappa shape index (κ1) is 21.1. The van der Waals surface area contributed by atoms with E-state index in [1.807, 2.05) is 53.4 Å². The highest BCUT2D eigenvalue weighted by Gasteiger charge is 2.27. The van der Waals surface area contributed by atoms with Crippen molar-refractivity contribution >= 4 is 23.2 Å². The summed E-state index contributed by atoms with van der Waals surface area (Å²) in [4.78, 5) is 40.0. The average molecular weight is 436 g/mol. The maximum Gasteiger partial charge on any atom is 0.263 e. The van der Waals surface area contributed by atoms with Crippen LogP contribution in [0.15, 0.2) is 58.1 Å². The van der Waals surface area contributed by atoms with Crippen molar-refractivity contribution in [3.05, 3.63) is 91.5 Å². The number of thiophene rings is 1. The lowest BCUT2D eigenvalue weighted by Crippen LogP contribution is -2.40. The first-order valence-corrected chi connectivity index (χ1v) is 11.3. The summed E-state index contributed by atoms with van der Waals surface area (Å²) in [5.41, 5.74) is 3.71. The molecular weight excluding hydrogens is 410 g/mol. The van der Waals surface area contributed by atoms with Gasteiger partial charge in [0.15, 0.2) is 0 Å². The molecule has 1 aliphatic heterocycles. The summed E-state index contributed by atoms with van der Waals surface area (Å²) in [6.45, 7) is 3.34. The first-order valence-electron chi connectivity index (χ1n) is 10.4. The average Bonchev–Trinajstić information content (AvgIpc) is 3.30. The lowest BCUT2D eigenvalue weighted by atomic mass is 9.95. The highest BCUT2D eigenvalue weighted by molar-refractivity contribution is 7.07. The van der Waals surface area contributed by atoms with Crippen molar-refractivity contribution in [3.63, 3.8) is 0 Å². The Morgan fingerprint density at radius 1 is 1.13 bits per heavy atom. The number of hydrogen-bond donors (Lipinski definition) is 1. The van der Waals surface area contributed by atoms with Crippen LogP contribution in [0.4, 0.5) is 0 Å². The van der Waals surface area contributed by atoms with Crippen LogP contribution in [0.3, 0.4) is 0 Å². The van der Waals surface area contributed by atoms with Crippen molar-refractivity contribution in [3.8, 4) is 0 Å². The van der Waals surface area contributed by atoms with E-state index < -0.39 is 0 Å². The van der Waals surface area contributed by atoms with Crippen molar-refractivity contribution in [2.75, 3.05) is 6.54 Å². The molecule has 160 valence electrons. The second-order valence-corrected chi connectivity index (χ2v) is 8.53. The van der Waals surface area contributed by atoms with E-state index in [4.69, 9.17) is 0 Å². The molecule has 31 heavy (non-hydrogen) atoms. The van der Waals surface area contributed by atoms with Gasteiger partial charge >= 0.3 is 0 Å². The van der Waals surface area contributed by atoms with Gasteiger partial charge in [-0.2, -0.15) is 11.3 Å². The van der Waals surface area contributed by atoms with E-state index in [9.17, 15) is 14.4 Å². The molecule has 0 bridgehead atoms. The minimum absolute atomic E-state index is 0.00357. The van der Waals surface area contributed by atoms with Crippen LogP contribution in [0.5, 0.6) is 0 Å². The van der Waals surface area contributed by atoms with Gasteiger partial charge < -0.3 is 14.8 Å². The Labute approximate surface area is 185 Å². The number of aromatic nitrogens is 1. The van der Waals surface area contributed by atoms with Crippen LogP contribution in [0.25, 0.3) is 0 Å². The maximum absolute atomic E-state index is 13.3. The molecule has 0 fully saturated rings. The second kappa shape index (κ2) is 9.31. The second-order valence-electron chi connectivity index (χ2n) is 7.75. The predicted octanol–water partition coefficient (Wildman–Crippen LogP) is 2.99. The summed E-state index contributed by atoms with van der Waals surface area (Å²) < 4.78 is 1.62. The molecule has 0 unspecified atom stereocenters. The van der Waals surface area contributed by atoms with Crippen LogP contribution in [0, 0.1) is 0 Å². The number of nitrogens with zero attached hydrogens (tertiary/aromatic N) is 2. The van der Waals surface area contributed by atoms with E-state index in [-0.39, 0.29) is 22.9 Å². The van der Waals surface area contributed by atoms with Gasteiger partial charge in [0, 0.05) is 39.3 Å². The molecule has 0 saturated heterocycles. The highest BCUT2D eigenvalue weighted by Crippen LogP contribution is 2.21. The Kier molecular flexibility index (Phi) is 6.32. The molecule has 1 N–H and O–H groups in total. The third kappa shape index (κ3) is 4.77. The fourth-order valence-electron chi connectivity index (χ4n) is 3.94. The monoisotopic (exact) mass is 435 g/mol. The number of carbonyl (C=O) groups excluding carboxylic acids is 2. The minimum atomic E-state index is -0.349. The third-order valence-electron chi connectivity index (χ3n) is 5.66. The summed E-state index contributed by atoms with van der Waals surface area (Å²) in [6.07, 6.45) is 3.02. The maximum atomic E-state index is 13.3. The Hall–Kier alpha value is -3.19. The summed E-state index contributed by atoms with van der Waals surface area (Å²) in [5, 5.41) is 6.83. The van der Waals surface area contributed by atoms with E-state index >= 15 is 0 Å². The van der Waals surface area contributed by atoms with Crippen LogP contribution in [-0.2, 0) is 37.3 Å². The fraction of sp³-hybridized carbons (Fsp3) is 0.292. The molecule has 2 aromatic heterocycles. The van der Waals surface area contributed by atoms with Gasteiger partial charge in [0.2, 0.25) is 5.91 Å². The summed E-state index contributed by atoms with van der Waals surface area (Å²) >= 11 is 1.57. The lowest BCUT2D eigenvalue weighted by Gasteiger charge is -2.29. The van der Waals surface area contributed by atoms with Crippen LogP contribution in [0.2, 0.25) is 0 Å². The minimum Gasteiger partial charge on any atom is -0.348 e. The quantitative estimate of drug-likeness (QED) is 0.647. The zero-order valence-electron chi connectivity index (χ0n) is 17.5. The lowest BCUT2D eigenvalue weighted by molar-refractivity contribution is -0.129. The molecule has 0 radical (unpaired) electrons. The normalized spacial score (nSPS) is 13.0. The molecule has 1 aliphatic rings. The van der Waals surface area contributed by atoms with E-state index in [0.717, 1.165) is 22.3 Å². The molecule has 1 aromatic carbocycles. The standard InChI is InChI=1S/C24H25N3O3S/c1-17(28)26-11-8-21-20(14-26)15-27(10-7-18-5-3-2-4-6-18)24(30)22(21)23(29)25-13-19-9-12-31-16-19/h2-6,9,12,15-16H,7-8,10-11,13-14H2,1H3,(H,25,29). The number of amides is 2. The van der Waals surface area contributed by atoms with E-state index in [0.29, 0.717) is 39.0 Å². The van der Waals surface area contributed by atoms with Crippen LogP contribution >= 0.6 is 11.3 Å². The number of fused-ring (bicyclic) bond motifs is 1. The van der Waals surface area contributed by atoms with E-state index in [2.05, 4.69) is 5.32 Å². The van der Waals surface area contributed by atoms with Gasteiger partial charge in [-0.1, -0.05) is 30.3 Å². The zero-order chi connectivity index (χ0) is 21.8. The fourth-order valence-corrected chi connectivity index (χ4v) is 4.61. The molecule has 6 nitrogen and oxygen atoms in total. The molecule has 4 rings (SSSR count). The van der Waals surface area contributed by atoms with E-state index in [1.54, 1.807) is 27.7 Å². The van der Waals surface area contributed by atoms with Gasteiger partial charge in [0.25, 0.3) is 11.5 Å². The van der Waals surface area contributed by atoms with Gasteiger partial charge in [-0.15, -0.1) is 0 Å². The number of aryl methyl sites for hydroxylation is 2. The van der Waals surface area contributed by atoms with Gasteiger partial charge in [-0.25, -0.2) is 0 Å². The van der Waals surface area contributed by atoms with Crippen LogP contribution < -0.4 is 10.9 Å². The van der Waals surface area contributed by atoms with Crippen molar-refractivity contribution in [2.45, 2.75) is 39.4 Å². The summed E-state index contributed by atoms with van der Waals surface area (Å²) in [5.74, 6) is -0.353. The molecule has 3 aromatic rings. The van der Waals surface area contributed by atoms with E-state index in [1.165, 1.54) is 0 Å². The topological polar surface area (TPSA) is 71.4 Å². The zero-order valence-corrected chi connectivity index (χ0v) is 18.3. The largest absolute Gasteiger partial charge is 0.348 e. The van der Waals surface area contributed by atoms with Crippen molar-refractivity contribution in [1.82, 2.24) is 14.8 Å². The Morgan fingerprint density at radius 3 is 2.65 bits per heavy atom. The van der Waals surface area contributed by atoms with Gasteiger partial charge in [-0.3, -0.25) is 14.4 Å². The number of hydrogen-bond acceptors (Lipinski definition) is 4. The summed E-state index contributed by atoms with van der Waals surface area (Å²) in [7, 11) is 0. The van der Waals surface area contributed by atoms with Crippen LogP contribution in [-0.4, -0.2) is 27.8 Å². The van der Waals surface area contributed by atoms with Gasteiger partial charge in [0.1, 0.15) is 5.56 Å². The van der Waals surface area contributed by atoms with Crippen molar-refractivity contribution < 1.29 is 9.59 Å². The SMILES string of the molecule is CC(=O)N1CCc2c(cn(CCc3ccccc3)c(=O)c2C(=O)NCc2ccsc2)C1. The molecule has 0 aliphatic carbocycles. The number of carbonyl (C=O) groups is 2. The third-order valence-corrected chi connectivity index (χ3v) is 6.39. The number of rotatable bonds is 6.